The lowest BCUT2D eigenvalue weighted by Gasteiger charge is -2.14. The van der Waals surface area contributed by atoms with Gasteiger partial charge in [-0.1, -0.05) is 29.8 Å². The maximum Gasteiger partial charge on any atom is 0.244 e. The van der Waals surface area contributed by atoms with Crippen molar-refractivity contribution in [3.63, 3.8) is 0 Å². The van der Waals surface area contributed by atoms with Gasteiger partial charge in [-0.3, -0.25) is 0 Å². The van der Waals surface area contributed by atoms with Crippen molar-refractivity contribution in [1.82, 2.24) is 19.8 Å². The fourth-order valence-electron chi connectivity index (χ4n) is 2.27. The first-order valence-corrected chi connectivity index (χ1v) is 8.62. The van der Waals surface area contributed by atoms with Crippen molar-refractivity contribution in [2.75, 3.05) is 19.6 Å². The summed E-state index contributed by atoms with van der Waals surface area (Å²) in [6.45, 7) is 2.03. The molecule has 0 saturated heterocycles. The van der Waals surface area contributed by atoms with Crippen molar-refractivity contribution in [2.45, 2.75) is 11.3 Å². The predicted molar refractivity (Wildman–Crippen MR) is 91.6 cm³/mol. The molecule has 1 aromatic carbocycles. The molecule has 3 rings (SSSR count). The summed E-state index contributed by atoms with van der Waals surface area (Å²) in [5, 5.41) is 7.32. The number of para-hydroxylation sites is 1. The topological polar surface area (TPSA) is 76.0 Å². The lowest BCUT2D eigenvalue weighted by molar-refractivity contribution is 0.582. The number of nitrogens with one attached hydrogen (secondary N) is 2. The molecule has 2 heterocycles. The number of benzene rings is 1. The van der Waals surface area contributed by atoms with Crippen LogP contribution in [0.5, 0.6) is 0 Å². The van der Waals surface area contributed by atoms with Crippen molar-refractivity contribution in [1.29, 1.82) is 0 Å². The molecule has 124 valence electrons. The van der Waals surface area contributed by atoms with E-state index in [0.29, 0.717) is 6.54 Å². The third-order valence-corrected chi connectivity index (χ3v) is 4.89. The molecule has 6 nitrogen and oxygen atoms in total. The Morgan fingerprint density at radius 2 is 2.04 bits per heavy atom. The van der Waals surface area contributed by atoms with Gasteiger partial charge < -0.3 is 5.32 Å². The van der Waals surface area contributed by atoms with Gasteiger partial charge >= 0.3 is 0 Å². The maximum absolute atomic E-state index is 12.3. The molecule has 1 aliphatic rings. The van der Waals surface area contributed by atoms with Crippen LogP contribution < -0.4 is 10.0 Å². The third-order valence-electron chi connectivity index (χ3n) is 3.54. The van der Waals surface area contributed by atoms with E-state index in [0.717, 1.165) is 30.8 Å². The van der Waals surface area contributed by atoms with Crippen molar-refractivity contribution in [3.05, 3.63) is 54.4 Å². The Morgan fingerprint density at radius 1 is 1.26 bits per heavy atom. The Kier molecular flexibility index (Phi) is 5.95. The normalized spacial score (nSPS) is 14.9. The van der Waals surface area contributed by atoms with Crippen LogP contribution in [0.2, 0.25) is 0 Å². The SMILES string of the molecule is Cl.O=S(=O)(NCC1=CCNCC1)c1cnn(-c2ccccc2)c1. The fraction of sp³-hybridized carbons (Fsp3) is 0.267. The van der Waals surface area contributed by atoms with Crippen LogP contribution in [-0.2, 0) is 10.0 Å². The number of nitrogens with zero attached hydrogens (tertiary/aromatic N) is 2. The van der Waals surface area contributed by atoms with Crippen LogP contribution in [0.1, 0.15) is 6.42 Å². The Morgan fingerprint density at radius 3 is 2.74 bits per heavy atom. The third kappa shape index (κ3) is 4.42. The second kappa shape index (κ2) is 7.74. The van der Waals surface area contributed by atoms with E-state index in [1.165, 1.54) is 12.4 Å². The second-order valence-electron chi connectivity index (χ2n) is 5.10. The van der Waals surface area contributed by atoms with Gasteiger partial charge in [-0.05, 0) is 25.1 Å². The quantitative estimate of drug-likeness (QED) is 0.798. The summed E-state index contributed by atoms with van der Waals surface area (Å²) in [6.07, 6.45) is 5.78. The zero-order valence-corrected chi connectivity index (χ0v) is 14.1. The van der Waals surface area contributed by atoms with Crippen LogP contribution in [0.4, 0.5) is 0 Å². The van der Waals surface area contributed by atoms with Crippen molar-refractivity contribution >= 4 is 22.4 Å². The smallest absolute Gasteiger partial charge is 0.244 e. The highest BCUT2D eigenvalue weighted by atomic mass is 35.5. The molecule has 0 bridgehead atoms. The van der Waals surface area contributed by atoms with Gasteiger partial charge in [0.15, 0.2) is 0 Å². The Balaban J connectivity index is 0.00000192. The first kappa shape index (κ1) is 17.7. The standard InChI is InChI=1S/C15H18N4O2S.ClH/c20-22(21,18-10-13-6-8-16-9-7-13)15-11-17-19(12-15)14-4-2-1-3-5-14;/h1-6,11-12,16,18H,7-10H2;1H. The summed E-state index contributed by atoms with van der Waals surface area (Å²) >= 11 is 0. The van der Waals surface area contributed by atoms with E-state index in [2.05, 4.69) is 15.1 Å². The molecule has 0 aliphatic carbocycles. The molecular weight excluding hydrogens is 336 g/mol. The Bertz CT molecular complexity index is 772. The first-order valence-electron chi connectivity index (χ1n) is 7.13. The van der Waals surface area contributed by atoms with Gasteiger partial charge in [0.05, 0.1) is 18.1 Å². The number of halogens is 1. The second-order valence-corrected chi connectivity index (χ2v) is 6.86. The van der Waals surface area contributed by atoms with Crippen molar-refractivity contribution in [2.24, 2.45) is 0 Å². The first-order chi connectivity index (χ1) is 10.6. The highest BCUT2D eigenvalue weighted by Crippen LogP contribution is 2.12. The zero-order valence-electron chi connectivity index (χ0n) is 12.5. The van der Waals surface area contributed by atoms with E-state index >= 15 is 0 Å². The molecule has 0 atom stereocenters. The van der Waals surface area contributed by atoms with Crippen LogP contribution in [0.3, 0.4) is 0 Å². The Labute approximate surface area is 142 Å². The highest BCUT2D eigenvalue weighted by molar-refractivity contribution is 7.89. The summed E-state index contributed by atoms with van der Waals surface area (Å²) in [7, 11) is -3.54. The lowest BCUT2D eigenvalue weighted by Crippen LogP contribution is -2.29. The monoisotopic (exact) mass is 354 g/mol. The summed E-state index contributed by atoms with van der Waals surface area (Å²) in [5.41, 5.74) is 1.93. The van der Waals surface area contributed by atoms with Crippen LogP contribution in [-0.4, -0.2) is 37.8 Å². The van der Waals surface area contributed by atoms with Gasteiger partial charge in [0, 0.05) is 13.1 Å². The van der Waals surface area contributed by atoms with Crippen molar-refractivity contribution < 1.29 is 8.42 Å². The molecule has 23 heavy (non-hydrogen) atoms. The van der Waals surface area contributed by atoms with Gasteiger partial charge in [0.1, 0.15) is 4.90 Å². The van der Waals surface area contributed by atoms with Crippen LogP contribution in [0, 0.1) is 0 Å². The van der Waals surface area contributed by atoms with E-state index in [4.69, 9.17) is 0 Å². The molecular formula is C15H19ClN4O2S. The van der Waals surface area contributed by atoms with Gasteiger partial charge in [-0.25, -0.2) is 17.8 Å². The minimum Gasteiger partial charge on any atom is -0.313 e. The van der Waals surface area contributed by atoms with Crippen molar-refractivity contribution in [3.8, 4) is 5.69 Å². The number of hydrogen-bond donors (Lipinski definition) is 2. The molecule has 0 amide bonds. The van der Waals surface area contributed by atoms with Crippen LogP contribution in [0.15, 0.2) is 59.3 Å². The van der Waals surface area contributed by atoms with E-state index in [9.17, 15) is 8.42 Å². The van der Waals surface area contributed by atoms with Gasteiger partial charge in [0.2, 0.25) is 10.0 Å². The molecule has 2 aromatic rings. The van der Waals surface area contributed by atoms with Gasteiger partial charge in [-0.2, -0.15) is 5.10 Å². The number of hydrogen-bond acceptors (Lipinski definition) is 4. The summed E-state index contributed by atoms with van der Waals surface area (Å²) in [6, 6.07) is 9.41. The predicted octanol–water partition coefficient (Wildman–Crippen LogP) is 1.49. The molecule has 2 N–H and O–H groups in total. The number of rotatable bonds is 5. The average Bonchev–Trinajstić information content (AvgIpc) is 3.06. The molecule has 0 unspecified atom stereocenters. The van der Waals surface area contributed by atoms with Crippen LogP contribution in [0.25, 0.3) is 5.69 Å². The van der Waals surface area contributed by atoms with Gasteiger partial charge in [0.25, 0.3) is 0 Å². The summed E-state index contributed by atoms with van der Waals surface area (Å²) in [4.78, 5) is 0.172. The molecule has 1 aromatic heterocycles. The zero-order chi connectivity index (χ0) is 15.4. The summed E-state index contributed by atoms with van der Waals surface area (Å²) in [5.74, 6) is 0. The minimum absolute atomic E-state index is 0. The van der Waals surface area contributed by atoms with E-state index in [-0.39, 0.29) is 17.3 Å². The molecule has 0 fully saturated rings. The minimum atomic E-state index is -3.54. The average molecular weight is 355 g/mol. The van der Waals surface area contributed by atoms with Gasteiger partial charge in [-0.15, -0.1) is 12.4 Å². The Hall–Kier alpha value is -1.67. The van der Waals surface area contributed by atoms with Crippen LogP contribution >= 0.6 is 12.4 Å². The van der Waals surface area contributed by atoms with E-state index in [1.54, 1.807) is 4.68 Å². The maximum atomic E-state index is 12.3. The molecule has 0 saturated carbocycles. The largest absolute Gasteiger partial charge is 0.313 e. The molecule has 0 spiro atoms. The number of aromatic nitrogens is 2. The molecule has 1 aliphatic heterocycles. The lowest BCUT2D eigenvalue weighted by atomic mass is 10.1. The molecule has 0 radical (unpaired) electrons. The summed E-state index contributed by atoms with van der Waals surface area (Å²) < 4.78 is 28.8. The van der Waals surface area contributed by atoms with E-state index < -0.39 is 10.0 Å². The number of sulfonamides is 1. The fourth-order valence-corrected chi connectivity index (χ4v) is 3.23. The van der Waals surface area contributed by atoms with E-state index in [1.807, 2.05) is 36.4 Å². The molecule has 8 heteroatoms. The highest BCUT2D eigenvalue weighted by Gasteiger charge is 2.17.